The van der Waals surface area contributed by atoms with Crippen molar-refractivity contribution < 1.29 is 14.3 Å². The molecule has 2 aliphatic heterocycles. The van der Waals surface area contributed by atoms with Gasteiger partial charge in [0.2, 0.25) is 6.79 Å². The van der Waals surface area contributed by atoms with Gasteiger partial charge in [0.25, 0.3) is 5.91 Å². The number of hydrogen-bond donors (Lipinski definition) is 1. The molecule has 1 fully saturated rings. The van der Waals surface area contributed by atoms with Gasteiger partial charge in [0.15, 0.2) is 11.5 Å². The van der Waals surface area contributed by atoms with Crippen molar-refractivity contribution >= 4 is 18.3 Å². The smallest absolute Gasteiger partial charge is 0.250 e. The number of halogens is 1. The van der Waals surface area contributed by atoms with E-state index in [9.17, 15) is 4.79 Å². The van der Waals surface area contributed by atoms with E-state index in [1.807, 2.05) is 42.2 Å². The highest BCUT2D eigenvalue weighted by Crippen LogP contribution is 2.34. The molecule has 2 aromatic rings. The number of benzene rings is 1. The normalized spacial score (nSPS) is 17.4. The molecule has 8 heteroatoms. The number of aromatic nitrogens is 2. The van der Waals surface area contributed by atoms with Crippen molar-refractivity contribution in [1.29, 1.82) is 0 Å². The highest BCUT2D eigenvalue weighted by atomic mass is 35.5. The van der Waals surface area contributed by atoms with Gasteiger partial charge in [0.05, 0.1) is 0 Å². The minimum atomic E-state index is -0.611. The summed E-state index contributed by atoms with van der Waals surface area (Å²) in [6, 6.07) is 7.67. The van der Waals surface area contributed by atoms with Crippen LogP contribution >= 0.6 is 12.4 Å². The standard InChI is InChI=1S/C18H22N4O3.ClH/c1-21(12-14-3-4-15-16(11-14)25-13-24-15)17(23)18(5-8-19-9-6-18)22-10-2-7-20-22;/h2-4,7,10-11,19H,5-6,8-9,12-13H2,1H3;1H. The van der Waals surface area contributed by atoms with Crippen molar-refractivity contribution in [3.63, 3.8) is 0 Å². The highest BCUT2D eigenvalue weighted by Gasteiger charge is 2.43. The van der Waals surface area contributed by atoms with Crippen molar-refractivity contribution in [3.8, 4) is 11.5 Å². The Morgan fingerprint density at radius 2 is 2.08 bits per heavy atom. The van der Waals surface area contributed by atoms with E-state index in [4.69, 9.17) is 9.47 Å². The molecule has 1 N–H and O–H groups in total. The quantitative estimate of drug-likeness (QED) is 0.878. The van der Waals surface area contributed by atoms with E-state index in [1.54, 1.807) is 11.1 Å². The topological polar surface area (TPSA) is 68.6 Å². The minimum absolute atomic E-state index is 0. The van der Waals surface area contributed by atoms with Gasteiger partial charge in [-0.25, -0.2) is 0 Å². The fraction of sp³-hybridized carbons (Fsp3) is 0.444. The summed E-state index contributed by atoms with van der Waals surface area (Å²) in [6.45, 7) is 2.39. The van der Waals surface area contributed by atoms with E-state index in [1.165, 1.54) is 0 Å². The van der Waals surface area contributed by atoms with Gasteiger partial charge in [-0.1, -0.05) is 6.07 Å². The molecule has 7 nitrogen and oxygen atoms in total. The first-order chi connectivity index (χ1) is 12.2. The molecule has 140 valence electrons. The molecule has 26 heavy (non-hydrogen) atoms. The van der Waals surface area contributed by atoms with Crippen molar-refractivity contribution in [2.24, 2.45) is 0 Å². The zero-order chi connectivity index (χ0) is 17.3. The summed E-state index contributed by atoms with van der Waals surface area (Å²) < 4.78 is 12.6. The van der Waals surface area contributed by atoms with Crippen LogP contribution in [0.1, 0.15) is 18.4 Å². The van der Waals surface area contributed by atoms with Crippen LogP contribution in [0.4, 0.5) is 0 Å². The molecular weight excluding hydrogens is 356 g/mol. The SMILES string of the molecule is CN(Cc1ccc2c(c1)OCO2)C(=O)C1(n2cccn2)CCNCC1.Cl. The van der Waals surface area contributed by atoms with Crippen molar-refractivity contribution in [2.75, 3.05) is 26.9 Å². The Bertz CT molecular complexity index is 760. The maximum atomic E-state index is 13.3. The maximum Gasteiger partial charge on any atom is 0.250 e. The van der Waals surface area contributed by atoms with Crippen LogP contribution in [0, 0.1) is 0 Å². The molecule has 1 amide bonds. The monoisotopic (exact) mass is 378 g/mol. The zero-order valence-corrected chi connectivity index (χ0v) is 15.5. The molecule has 2 aliphatic rings. The van der Waals surface area contributed by atoms with Crippen LogP contribution < -0.4 is 14.8 Å². The molecular formula is C18H23ClN4O3. The summed E-state index contributed by atoms with van der Waals surface area (Å²) in [5.74, 6) is 1.58. The molecule has 3 heterocycles. The van der Waals surface area contributed by atoms with Crippen molar-refractivity contribution in [1.82, 2.24) is 20.0 Å². The molecule has 1 saturated heterocycles. The van der Waals surface area contributed by atoms with Gasteiger partial charge in [-0.3, -0.25) is 9.48 Å². The lowest BCUT2D eigenvalue weighted by Gasteiger charge is -2.39. The molecule has 0 spiro atoms. The number of ether oxygens (including phenoxy) is 2. The Morgan fingerprint density at radius 1 is 1.31 bits per heavy atom. The van der Waals surface area contributed by atoms with E-state index in [0.29, 0.717) is 6.54 Å². The Kier molecular flexibility index (Phi) is 5.38. The second-order valence-corrected chi connectivity index (χ2v) is 6.58. The Hall–Kier alpha value is -2.25. The minimum Gasteiger partial charge on any atom is -0.454 e. The molecule has 0 saturated carbocycles. The van der Waals surface area contributed by atoms with Crippen LogP contribution in [0.5, 0.6) is 11.5 Å². The molecule has 0 unspecified atom stereocenters. The number of rotatable bonds is 4. The van der Waals surface area contributed by atoms with Gasteiger partial charge in [0.1, 0.15) is 5.54 Å². The lowest BCUT2D eigenvalue weighted by Crippen LogP contribution is -2.54. The van der Waals surface area contributed by atoms with Gasteiger partial charge < -0.3 is 19.7 Å². The van der Waals surface area contributed by atoms with Crippen LogP contribution in [-0.4, -0.2) is 47.5 Å². The van der Waals surface area contributed by atoms with Crippen LogP contribution in [0.2, 0.25) is 0 Å². The van der Waals surface area contributed by atoms with E-state index in [-0.39, 0.29) is 25.1 Å². The van der Waals surface area contributed by atoms with Crippen LogP contribution in [0.25, 0.3) is 0 Å². The Balaban J connectivity index is 0.00000196. The number of nitrogens with one attached hydrogen (secondary N) is 1. The predicted octanol–water partition coefficient (Wildman–Crippen LogP) is 1.77. The van der Waals surface area contributed by atoms with Crippen molar-refractivity contribution in [2.45, 2.75) is 24.9 Å². The summed E-state index contributed by atoms with van der Waals surface area (Å²) in [6.07, 6.45) is 5.09. The average Bonchev–Trinajstić information content (AvgIpc) is 3.33. The molecule has 0 bridgehead atoms. The van der Waals surface area contributed by atoms with Gasteiger partial charge in [-0.05, 0) is 49.7 Å². The lowest BCUT2D eigenvalue weighted by molar-refractivity contribution is -0.142. The second-order valence-electron chi connectivity index (χ2n) is 6.58. The molecule has 4 rings (SSSR count). The summed E-state index contributed by atoms with van der Waals surface area (Å²) >= 11 is 0. The molecule has 0 atom stereocenters. The number of amides is 1. The number of carbonyl (C=O) groups excluding carboxylic acids is 1. The lowest BCUT2D eigenvalue weighted by atomic mass is 9.86. The fourth-order valence-electron chi connectivity index (χ4n) is 3.64. The molecule has 0 radical (unpaired) electrons. The van der Waals surface area contributed by atoms with E-state index < -0.39 is 5.54 Å². The molecule has 1 aromatic heterocycles. The Labute approximate surface area is 158 Å². The highest BCUT2D eigenvalue weighted by molar-refractivity contribution is 5.85. The maximum absolute atomic E-state index is 13.3. The number of hydrogen-bond acceptors (Lipinski definition) is 5. The third-order valence-electron chi connectivity index (χ3n) is 4.98. The number of likely N-dealkylation sites (N-methyl/N-ethyl adjacent to an activating group) is 1. The number of piperidine rings is 1. The van der Waals surface area contributed by atoms with Crippen molar-refractivity contribution in [3.05, 3.63) is 42.2 Å². The average molecular weight is 379 g/mol. The number of fused-ring (bicyclic) bond motifs is 1. The fourth-order valence-corrected chi connectivity index (χ4v) is 3.64. The van der Waals surface area contributed by atoms with Crippen LogP contribution in [0.15, 0.2) is 36.7 Å². The Morgan fingerprint density at radius 3 is 2.81 bits per heavy atom. The first-order valence-electron chi connectivity index (χ1n) is 8.54. The predicted molar refractivity (Wildman–Crippen MR) is 98.6 cm³/mol. The summed E-state index contributed by atoms with van der Waals surface area (Å²) in [7, 11) is 1.85. The van der Waals surface area contributed by atoms with Crippen LogP contribution in [-0.2, 0) is 16.9 Å². The van der Waals surface area contributed by atoms with Gasteiger partial charge >= 0.3 is 0 Å². The summed E-state index contributed by atoms with van der Waals surface area (Å²) in [4.78, 5) is 15.1. The first kappa shape index (κ1) is 18.5. The summed E-state index contributed by atoms with van der Waals surface area (Å²) in [5, 5.41) is 7.71. The van der Waals surface area contributed by atoms with Gasteiger partial charge in [0, 0.05) is 26.0 Å². The largest absolute Gasteiger partial charge is 0.454 e. The van der Waals surface area contributed by atoms with E-state index in [0.717, 1.165) is 43.0 Å². The first-order valence-corrected chi connectivity index (χ1v) is 8.54. The van der Waals surface area contributed by atoms with E-state index in [2.05, 4.69) is 10.4 Å². The van der Waals surface area contributed by atoms with Crippen LogP contribution in [0.3, 0.4) is 0 Å². The van der Waals surface area contributed by atoms with E-state index >= 15 is 0 Å². The zero-order valence-electron chi connectivity index (χ0n) is 14.7. The van der Waals surface area contributed by atoms with Gasteiger partial charge in [-0.2, -0.15) is 5.10 Å². The third-order valence-corrected chi connectivity index (χ3v) is 4.98. The number of carbonyl (C=O) groups is 1. The second kappa shape index (κ2) is 7.55. The number of nitrogens with zero attached hydrogens (tertiary/aromatic N) is 3. The van der Waals surface area contributed by atoms with Gasteiger partial charge in [-0.15, -0.1) is 12.4 Å². The summed E-state index contributed by atoms with van der Waals surface area (Å²) in [5.41, 5.74) is 0.407. The molecule has 1 aromatic carbocycles. The third kappa shape index (κ3) is 3.24. The molecule has 0 aliphatic carbocycles.